The molecule has 2 heterocycles. The number of rotatable bonds is 4. The van der Waals surface area contributed by atoms with Crippen molar-refractivity contribution in [3.63, 3.8) is 0 Å². The Morgan fingerprint density at radius 3 is 3.00 bits per heavy atom. The maximum absolute atomic E-state index is 12.2. The van der Waals surface area contributed by atoms with Crippen LogP contribution in [0.15, 0.2) is 18.2 Å². The molecular formula is C15H17N3O4. The average molecular weight is 303 g/mol. The predicted octanol–water partition coefficient (Wildman–Crippen LogP) is 0.564. The van der Waals surface area contributed by atoms with Gasteiger partial charge in [0.25, 0.3) is 0 Å². The molecule has 1 amide bonds. The standard InChI is InChI=1S/C15H17N3O4/c1-22-8-2-3-11-10(6-8)9-4-5-16-14(13(9)18-11)15(21)17-7-12(19)20/h2-3,6,14,16,18H,4-5,7H2,1H3,(H,17,21)(H,19,20). The van der Waals surface area contributed by atoms with Crippen LogP contribution in [0.2, 0.25) is 0 Å². The molecule has 2 aromatic rings. The second kappa shape index (κ2) is 5.69. The molecule has 0 fully saturated rings. The molecule has 22 heavy (non-hydrogen) atoms. The zero-order chi connectivity index (χ0) is 15.7. The van der Waals surface area contributed by atoms with Gasteiger partial charge >= 0.3 is 5.97 Å². The molecule has 0 spiro atoms. The van der Waals surface area contributed by atoms with Crippen LogP contribution < -0.4 is 15.4 Å². The second-order valence-electron chi connectivity index (χ2n) is 5.18. The van der Waals surface area contributed by atoms with Crippen molar-refractivity contribution in [3.8, 4) is 5.75 Å². The first-order valence-corrected chi connectivity index (χ1v) is 7.01. The minimum Gasteiger partial charge on any atom is -0.497 e. The quantitative estimate of drug-likeness (QED) is 0.661. The van der Waals surface area contributed by atoms with Crippen molar-refractivity contribution in [3.05, 3.63) is 29.5 Å². The molecule has 1 unspecified atom stereocenters. The summed E-state index contributed by atoms with van der Waals surface area (Å²) in [5.41, 5.74) is 2.80. The average Bonchev–Trinajstić information content (AvgIpc) is 2.90. The fraction of sp³-hybridized carbons (Fsp3) is 0.333. The number of carbonyl (C=O) groups excluding carboxylic acids is 1. The largest absolute Gasteiger partial charge is 0.497 e. The topological polar surface area (TPSA) is 103 Å². The lowest BCUT2D eigenvalue weighted by Gasteiger charge is -2.23. The summed E-state index contributed by atoms with van der Waals surface area (Å²) in [6, 6.07) is 5.15. The maximum atomic E-state index is 12.2. The highest BCUT2D eigenvalue weighted by molar-refractivity contribution is 5.91. The molecule has 0 bridgehead atoms. The third-order valence-electron chi connectivity index (χ3n) is 3.83. The van der Waals surface area contributed by atoms with Crippen LogP contribution >= 0.6 is 0 Å². The summed E-state index contributed by atoms with van der Waals surface area (Å²) in [6.07, 6.45) is 0.797. The van der Waals surface area contributed by atoms with Crippen LogP contribution in [0.25, 0.3) is 10.9 Å². The lowest BCUT2D eigenvalue weighted by atomic mass is 9.98. The van der Waals surface area contributed by atoms with Crippen molar-refractivity contribution in [2.24, 2.45) is 0 Å². The van der Waals surface area contributed by atoms with Gasteiger partial charge in [-0.25, -0.2) is 0 Å². The van der Waals surface area contributed by atoms with Crippen LogP contribution in [0.4, 0.5) is 0 Å². The molecule has 1 aromatic carbocycles. The molecule has 3 rings (SSSR count). The van der Waals surface area contributed by atoms with Crippen molar-refractivity contribution in [1.29, 1.82) is 0 Å². The van der Waals surface area contributed by atoms with E-state index in [2.05, 4.69) is 15.6 Å². The van der Waals surface area contributed by atoms with E-state index in [9.17, 15) is 9.59 Å². The Labute approximate surface area is 126 Å². The Morgan fingerprint density at radius 1 is 1.45 bits per heavy atom. The van der Waals surface area contributed by atoms with Crippen molar-refractivity contribution in [2.75, 3.05) is 20.2 Å². The lowest BCUT2D eigenvalue weighted by Crippen LogP contribution is -2.42. The summed E-state index contributed by atoms with van der Waals surface area (Å²) in [5, 5.41) is 15.2. The van der Waals surface area contributed by atoms with Gasteiger partial charge in [0, 0.05) is 23.1 Å². The molecule has 1 aliphatic rings. The van der Waals surface area contributed by atoms with E-state index in [1.165, 1.54) is 0 Å². The number of carboxylic acids is 1. The number of fused-ring (bicyclic) bond motifs is 3. The summed E-state index contributed by atoms with van der Waals surface area (Å²) in [5.74, 6) is -0.646. The smallest absolute Gasteiger partial charge is 0.322 e. The third-order valence-corrected chi connectivity index (χ3v) is 3.83. The van der Waals surface area contributed by atoms with E-state index in [4.69, 9.17) is 9.84 Å². The van der Waals surface area contributed by atoms with Crippen molar-refractivity contribution >= 4 is 22.8 Å². The fourth-order valence-electron chi connectivity index (χ4n) is 2.82. The molecule has 116 valence electrons. The van der Waals surface area contributed by atoms with Crippen LogP contribution in [0.1, 0.15) is 17.3 Å². The monoisotopic (exact) mass is 303 g/mol. The molecule has 1 aromatic heterocycles. The first-order chi connectivity index (χ1) is 10.6. The molecule has 7 heteroatoms. The molecule has 4 N–H and O–H groups in total. The number of nitrogens with one attached hydrogen (secondary N) is 3. The van der Waals surface area contributed by atoms with Gasteiger partial charge in [-0.1, -0.05) is 0 Å². The van der Waals surface area contributed by atoms with Crippen LogP contribution in [-0.2, 0) is 16.0 Å². The molecule has 7 nitrogen and oxygen atoms in total. The molecule has 1 aliphatic heterocycles. The number of aromatic amines is 1. The van der Waals surface area contributed by atoms with E-state index >= 15 is 0 Å². The van der Waals surface area contributed by atoms with Gasteiger partial charge in [-0.05, 0) is 30.2 Å². The van der Waals surface area contributed by atoms with Crippen molar-refractivity contribution < 1.29 is 19.4 Å². The number of aliphatic carboxylic acids is 1. The first kappa shape index (κ1) is 14.4. The molecule has 0 saturated carbocycles. The van der Waals surface area contributed by atoms with Gasteiger partial charge in [0.05, 0.1) is 7.11 Å². The van der Waals surface area contributed by atoms with E-state index in [0.29, 0.717) is 6.54 Å². The van der Waals surface area contributed by atoms with Gasteiger partial charge in [0.15, 0.2) is 0 Å². The number of benzene rings is 1. The summed E-state index contributed by atoms with van der Waals surface area (Å²) in [7, 11) is 1.62. The highest BCUT2D eigenvalue weighted by Gasteiger charge is 2.29. The Morgan fingerprint density at radius 2 is 2.27 bits per heavy atom. The fourth-order valence-corrected chi connectivity index (χ4v) is 2.82. The van der Waals surface area contributed by atoms with Gasteiger partial charge in [-0.15, -0.1) is 0 Å². The van der Waals surface area contributed by atoms with Gasteiger partial charge in [-0.3, -0.25) is 9.59 Å². The lowest BCUT2D eigenvalue weighted by molar-refractivity contribution is -0.138. The number of hydrogen-bond acceptors (Lipinski definition) is 4. The van der Waals surface area contributed by atoms with E-state index in [1.807, 2.05) is 18.2 Å². The van der Waals surface area contributed by atoms with Crippen LogP contribution in [0.5, 0.6) is 5.75 Å². The van der Waals surface area contributed by atoms with E-state index in [-0.39, 0.29) is 12.5 Å². The predicted molar refractivity (Wildman–Crippen MR) is 79.9 cm³/mol. The Balaban J connectivity index is 1.96. The summed E-state index contributed by atoms with van der Waals surface area (Å²) in [4.78, 5) is 26.0. The van der Waals surface area contributed by atoms with Gasteiger partial charge < -0.3 is 25.5 Å². The summed E-state index contributed by atoms with van der Waals surface area (Å²) < 4.78 is 5.25. The van der Waals surface area contributed by atoms with E-state index in [0.717, 1.165) is 34.3 Å². The zero-order valence-electron chi connectivity index (χ0n) is 12.1. The van der Waals surface area contributed by atoms with Crippen molar-refractivity contribution in [2.45, 2.75) is 12.5 Å². The number of carboxylic acid groups (broad SMARTS) is 1. The van der Waals surface area contributed by atoms with Gasteiger partial charge in [0.1, 0.15) is 18.3 Å². The highest BCUT2D eigenvalue weighted by Crippen LogP contribution is 2.32. The number of hydrogen-bond donors (Lipinski definition) is 4. The number of methoxy groups -OCH3 is 1. The Hall–Kier alpha value is -2.54. The molecule has 0 radical (unpaired) electrons. The minimum atomic E-state index is -1.06. The SMILES string of the molecule is COc1ccc2[nH]c3c(c2c1)CCNC3C(=O)NCC(=O)O. The van der Waals surface area contributed by atoms with E-state index in [1.54, 1.807) is 7.11 Å². The molecule has 1 atom stereocenters. The van der Waals surface area contributed by atoms with Crippen LogP contribution in [0.3, 0.4) is 0 Å². The number of carbonyl (C=O) groups is 2. The van der Waals surface area contributed by atoms with Gasteiger partial charge in [0.2, 0.25) is 5.91 Å². The summed E-state index contributed by atoms with van der Waals surface area (Å²) in [6.45, 7) is 0.267. The molecule has 0 aliphatic carbocycles. The maximum Gasteiger partial charge on any atom is 0.322 e. The Bertz CT molecular complexity index is 738. The van der Waals surface area contributed by atoms with Crippen molar-refractivity contribution in [1.82, 2.24) is 15.6 Å². The minimum absolute atomic E-state index is 0.345. The number of amides is 1. The number of ether oxygens (including phenoxy) is 1. The van der Waals surface area contributed by atoms with Gasteiger partial charge in [-0.2, -0.15) is 0 Å². The summed E-state index contributed by atoms with van der Waals surface area (Å²) >= 11 is 0. The number of H-pyrrole nitrogens is 1. The molecular weight excluding hydrogens is 286 g/mol. The van der Waals surface area contributed by atoms with Crippen LogP contribution in [0, 0.1) is 0 Å². The number of aromatic nitrogens is 1. The third kappa shape index (κ3) is 2.50. The van der Waals surface area contributed by atoms with E-state index < -0.39 is 12.0 Å². The Kier molecular flexibility index (Phi) is 3.72. The normalized spacial score (nSPS) is 17.0. The highest BCUT2D eigenvalue weighted by atomic mass is 16.5. The first-order valence-electron chi connectivity index (χ1n) is 7.01. The zero-order valence-corrected chi connectivity index (χ0v) is 12.1. The van der Waals surface area contributed by atoms with Crippen LogP contribution in [-0.4, -0.2) is 42.2 Å². The second-order valence-corrected chi connectivity index (χ2v) is 5.18. The molecule has 0 saturated heterocycles.